The lowest BCUT2D eigenvalue weighted by atomic mass is 10.0. The second-order valence-corrected chi connectivity index (χ2v) is 8.70. The molecule has 1 atom stereocenters. The van der Waals surface area contributed by atoms with E-state index in [0.29, 0.717) is 11.5 Å². The molecule has 0 saturated carbocycles. The van der Waals surface area contributed by atoms with Gasteiger partial charge in [0.2, 0.25) is 5.95 Å². The van der Waals surface area contributed by atoms with E-state index in [9.17, 15) is 4.79 Å². The molecule has 1 aliphatic rings. The quantitative estimate of drug-likeness (QED) is 0.483. The van der Waals surface area contributed by atoms with Crippen molar-refractivity contribution in [2.45, 2.75) is 45.7 Å². The summed E-state index contributed by atoms with van der Waals surface area (Å²) < 4.78 is 7.23. The Balaban J connectivity index is 1.67. The number of aromatic amines is 1. The summed E-state index contributed by atoms with van der Waals surface area (Å²) in [7, 11) is 0. The van der Waals surface area contributed by atoms with Gasteiger partial charge in [0.1, 0.15) is 5.52 Å². The smallest absolute Gasteiger partial charge is 0.278 e. The fourth-order valence-corrected chi connectivity index (χ4v) is 4.44. The van der Waals surface area contributed by atoms with E-state index in [-0.39, 0.29) is 17.6 Å². The highest BCUT2D eigenvalue weighted by atomic mass is 16.5. The van der Waals surface area contributed by atoms with E-state index in [4.69, 9.17) is 4.74 Å². The number of ether oxygens (including phenoxy) is 1. The van der Waals surface area contributed by atoms with Crippen LogP contribution < -0.4 is 10.9 Å². The highest BCUT2D eigenvalue weighted by Gasteiger charge is 2.22. The fourth-order valence-electron chi connectivity index (χ4n) is 4.44. The zero-order valence-corrected chi connectivity index (χ0v) is 19.1. The Hall–Kier alpha value is -3.52. The van der Waals surface area contributed by atoms with Crippen LogP contribution in [0.4, 0.5) is 5.95 Å². The topological polar surface area (TPSA) is 97.7 Å². The molecule has 8 heteroatoms. The summed E-state index contributed by atoms with van der Waals surface area (Å²) in [6.07, 6.45) is 3.53. The zero-order valence-electron chi connectivity index (χ0n) is 19.1. The number of fused-ring (bicyclic) bond motifs is 1. The molecule has 3 aromatic heterocycles. The minimum Gasteiger partial charge on any atom is -0.381 e. The van der Waals surface area contributed by atoms with Crippen molar-refractivity contribution in [2.24, 2.45) is 0 Å². The maximum Gasteiger partial charge on any atom is 0.278 e. The predicted molar refractivity (Wildman–Crippen MR) is 129 cm³/mol. The molecule has 33 heavy (non-hydrogen) atoms. The SMILES string of the molecule is Cc1cc(C(C)n2c(-c3ccccc3C)cc3cnc(NC4CCOCC4)nc3c2=O)n[nH]1. The van der Waals surface area contributed by atoms with Crippen LogP contribution in [0.15, 0.2) is 47.4 Å². The monoisotopic (exact) mass is 444 g/mol. The molecule has 2 N–H and O–H groups in total. The predicted octanol–water partition coefficient (Wildman–Crippen LogP) is 4.00. The van der Waals surface area contributed by atoms with Crippen molar-refractivity contribution >= 4 is 16.9 Å². The van der Waals surface area contributed by atoms with Crippen LogP contribution in [0, 0.1) is 13.8 Å². The normalized spacial score (nSPS) is 15.6. The molecule has 4 heterocycles. The van der Waals surface area contributed by atoms with Crippen molar-refractivity contribution in [1.29, 1.82) is 0 Å². The fraction of sp³-hybridized carbons (Fsp3) is 0.360. The molecular weight excluding hydrogens is 416 g/mol. The van der Waals surface area contributed by atoms with Crippen molar-refractivity contribution in [3.05, 3.63) is 69.9 Å². The Kier molecular flexibility index (Phi) is 5.68. The van der Waals surface area contributed by atoms with Crippen molar-refractivity contribution in [2.75, 3.05) is 18.5 Å². The molecule has 1 aliphatic heterocycles. The molecule has 1 fully saturated rings. The lowest BCUT2D eigenvalue weighted by molar-refractivity contribution is 0.0903. The maximum absolute atomic E-state index is 13.9. The van der Waals surface area contributed by atoms with Crippen LogP contribution in [0.25, 0.3) is 22.2 Å². The highest BCUT2D eigenvalue weighted by molar-refractivity contribution is 5.83. The first-order chi connectivity index (χ1) is 16.0. The zero-order chi connectivity index (χ0) is 22.9. The van der Waals surface area contributed by atoms with Gasteiger partial charge in [0.15, 0.2) is 0 Å². The summed E-state index contributed by atoms with van der Waals surface area (Å²) in [5.41, 5.74) is 4.92. The molecule has 0 aliphatic carbocycles. The lowest BCUT2D eigenvalue weighted by Gasteiger charge is -2.23. The van der Waals surface area contributed by atoms with Crippen molar-refractivity contribution in [3.63, 3.8) is 0 Å². The van der Waals surface area contributed by atoms with E-state index >= 15 is 0 Å². The molecule has 0 radical (unpaired) electrons. The largest absolute Gasteiger partial charge is 0.381 e. The molecule has 0 bridgehead atoms. The Morgan fingerprint density at radius 1 is 1.18 bits per heavy atom. The number of pyridine rings is 1. The van der Waals surface area contributed by atoms with E-state index in [0.717, 1.165) is 59.7 Å². The number of H-pyrrole nitrogens is 1. The summed E-state index contributed by atoms with van der Waals surface area (Å²) >= 11 is 0. The van der Waals surface area contributed by atoms with Crippen molar-refractivity contribution in [1.82, 2.24) is 24.7 Å². The molecule has 0 amide bonds. The van der Waals surface area contributed by atoms with E-state index in [2.05, 4.69) is 38.5 Å². The minimum atomic E-state index is -0.275. The number of aryl methyl sites for hydroxylation is 2. The number of nitrogens with zero attached hydrogens (tertiary/aromatic N) is 4. The van der Waals surface area contributed by atoms with Crippen LogP contribution in [0.5, 0.6) is 0 Å². The Morgan fingerprint density at radius 3 is 2.70 bits per heavy atom. The van der Waals surface area contributed by atoms with Crippen LogP contribution in [0.3, 0.4) is 0 Å². The lowest BCUT2D eigenvalue weighted by Crippen LogP contribution is -2.30. The number of nitrogens with one attached hydrogen (secondary N) is 2. The Labute approximate surface area is 192 Å². The number of rotatable bonds is 5. The van der Waals surface area contributed by atoms with Crippen molar-refractivity contribution in [3.8, 4) is 11.3 Å². The molecule has 1 aromatic carbocycles. The van der Waals surface area contributed by atoms with Gasteiger partial charge in [0, 0.05) is 42.1 Å². The third-order valence-corrected chi connectivity index (χ3v) is 6.31. The van der Waals surface area contributed by atoms with E-state index in [1.807, 2.05) is 44.2 Å². The summed E-state index contributed by atoms with van der Waals surface area (Å²) in [6, 6.07) is 12.0. The molecule has 5 rings (SSSR count). The second kappa shape index (κ2) is 8.78. The number of aromatic nitrogens is 5. The first kappa shape index (κ1) is 21.3. The second-order valence-electron chi connectivity index (χ2n) is 8.70. The molecule has 8 nitrogen and oxygen atoms in total. The first-order valence-corrected chi connectivity index (χ1v) is 11.4. The number of anilines is 1. The highest BCUT2D eigenvalue weighted by Crippen LogP contribution is 2.29. The van der Waals surface area contributed by atoms with Gasteiger partial charge in [0.25, 0.3) is 5.56 Å². The molecular formula is C25H28N6O2. The van der Waals surface area contributed by atoms with Gasteiger partial charge in [0.05, 0.1) is 17.4 Å². The van der Waals surface area contributed by atoms with E-state index < -0.39 is 0 Å². The van der Waals surface area contributed by atoms with Crippen LogP contribution in [-0.4, -0.2) is 44.0 Å². The third-order valence-electron chi connectivity index (χ3n) is 6.31. The van der Waals surface area contributed by atoms with Gasteiger partial charge >= 0.3 is 0 Å². The average Bonchev–Trinajstić information content (AvgIpc) is 3.26. The van der Waals surface area contributed by atoms with Gasteiger partial charge in [-0.3, -0.25) is 14.5 Å². The molecule has 1 saturated heterocycles. The van der Waals surface area contributed by atoms with Gasteiger partial charge in [-0.05, 0) is 51.3 Å². The third kappa shape index (κ3) is 4.14. The standard InChI is InChI=1S/C25H28N6O2/c1-15-6-4-5-7-20(15)22-13-18-14-26-25(27-19-8-10-33-11-9-19)28-23(18)24(32)31(22)17(3)21-12-16(2)29-30-21/h4-7,12-14,17,19H,8-11H2,1-3H3,(H,29,30)(H,26,27,28). The van der Waals surface area contributed by atoms with E-state index in [1.165, 1.54) is 0 Å². The van der Waals surface area contributed by atoms with Crippen molar-refractivity contribution < 1.29 is 4.74 Å². The van der Waals surface area contributed by atoms with Crippen LogP contribution in [-0.2, 0) is 4.74 Å². The molecule has 0 spiro atoms. The Bertz CT molecular complexity index is 1350. The van der Waals surface area contributed by atoms with Crippen LogP contribution in [0.2, 0.25) is 0 Å². The van der Waals surface area contributed by atoms with Gasteiger partial charge < -0.3 is 10.1 Å². The van der Waals surface area contributed by atoms with Crippen LogP contribution in [0.1, 0.15) is 42.8 Å². The van der Waals surface area contributed by atoms with Gasteiger partial charge in [-0.25, -0.2) is 9.97 Å². The average molecular weight is 445 g/mol. The summed E-state index contributed by atoms with van der Waals surface area (Å²) in [5, 5.41) is 11.5. The minimum absolute atomic E-state index is 0.156. The van der Waals surface area contributed by atoms with Gasteiger partial charge in [-0.1, -0.05) is 24.3 Å². The molecule has 4 aromatic rings. The molecule has 170 valence electrons. The number of benzene rings is 1. The van der Waals surface area contributed by atoms with E-state index in [1.54, 1.807) is 10.8 Å². The summed E-state index contributed by atoms with van der Waals surface area (Å²) in [6.45, 7) is 7.44. The first-order valence-electron chi connectivity index (χ1n) is 11.4. The summed E-state index contributed by atoms with van der Waals surface area (Å²) in [5.74, 6) is 0.477. The number of hydrogen-bond donors (Lipinski definition) is 2. The van der Waals surface area contributed by atoms with Crippen LogP contribution >= 0.6 is 0 Å². The summed E-state index contributed by atoms with van der Waals surface area (Å²) in [4.78, 5) is 23.0. The maximum atomic E-state index is 13.9. The molecule has 1 unspecified atom stereocenters. The Morgan fingerprint density at radius 2 is 1.97 bits per heavy atom. The van der Waals surface area contributed by atoms with Gasteiger partial charge in [-0.2, -0.15) is 5.10 Å². The number of hydrogen-bond acceptors (Lipinski definition) is 6. The van der Waals surface area contributed by atoms with Gasteiger partial charge in [-0.15, -0.1) is 0 Å².